The van der Waals surface area contributed by atoms with E-state index in [1.807, 2.05) is 0 Å². The van der Waals surface area contributed by atoms with Crippen molar-refractivity contribution in [2.24, 2.45) is 5.73 Å². The van der Waals surface area contributed by atoms with Gasteiger partial charge in [-0.05, 0) is 22.0 Å². The third kappa shape index (κ3) is 2.05. The fourth-order valence-corrected chi connectivity index (χ4v) is 1.53. The van der Waals surface area contributed by atoms with Gasteiger partial charge in [-0.2, -0.15) is 5.10 Å². The number of pyridine rings is 1. The second-order valence-corrected chi connectivity index (χ2v) is 3.86. The Morgan fingerprint density at radius 2 is 2.27 bits per heavy atom. The first kappa shape index (κ1) is 10.3. The van der Waals surface area contributed by atoms with Gasteiger partial charge < -0.3 is 5.73 Å². The van der Waals surface area contributed by atoms with Gasteiger partial charge in [0.15, 0.2) is 5.82 Å². The van der Waals surface area contributed by atoms with Crippen molar-refractivity contribution in [3.8, 4) is 5.82 Å². The summed E-state index contributed by atoms with van der Waals surface area (Å²) in [5.74, 6) is 0.148. The van der Waals surface area contributed by atoms with Gasteiger partial charge in [-0.1, -0.05) is 0 Å². The van der Waals surface area contributed by atoms with Crippen LogP contribution in [0.5, 0.6) is 0 Å². The van der Waals surface area contributed by atoms with Crippen LogP contribution in [0.25, 0.3) is 5.82 Å². The number of hydrogen-bond donors (Lipinski definition) is 1. The average Bonchev–Trinajstić information content (AvgIpc) is 2.64. The van der Waals surface area contributed by atoms with E-state index in [0.29, 0.717) is 11.4 Å². The predicted octanol–water partition coefficient (Wildman–Crippen LogP) is 1.63. The van der Waals surface area contributed by atoms with Gasteiger partial charge in [0, 0.05) is 18.3 Å². The number of nitrogens with zero attached hydrogens (tertiary/aromatic N) is 3. The van der Waals surface area contributed by atoms with Crippen LogP contribution in [0.4, 0.5) is 4.39 Å². The molecule has 0 radical (unpaired) electrons. The molecule has 78 valence electrons. The van der Waals surface area contributed by atoms with Crippen molar-refractivity contribution in [1.29, 1.82) is 0 Å². The van der Waals surface area contributed by atoms with Crippen LogP contribution >= 0.6 is 15.9 Å². The molecule has 2 heterocycles. The SMILES string of the molecule is NCc1cc(F)cnc1-n1cc(Br)cn1. The molecule has 0 spiro atoms. The van der Waals surface area contributed by atoms with Crippen LogP contribution in [0, 0.1) is 5.82 Å². The maximum Gasteiger partial charge on any atom is 0.158 e. The maximum absolute atomic E-state index is 12.9. The number of nitrogens with two attached hydrogens (primary N) is 1. The van der Waals surface area contributed by atoms with Crippen molar-refractivity contribution < 1.29 is 4.39 Å². The highest BCUT2D eigenvalue weighted by Crippen LogP contribution is 2.15. The van der Waals surface area contributed by atoms with E-state index < -0.39 is 5.82 Å². The summed E-state index contributed by atoms with van der Waals surface area (Å²) in [6, 6.07) is 1.36. The molecule has 0 aliphatic rings. The topological polar surface area (TPSA) is 56.7 Å². The molecule has 0 amide bonds. The highest BCUT2D eigenvalue weighted by molar-refractivity contribution is 9.10. The van der Waals surface area contributed by atoms with Gasteiger partial charge in [0.25, 0.3) is 0 Å². The lowest BCUT2D eigenvalue weighted by Gasteiger charge is -2.05. The summed E-state index contributed by atoms with van der Waals surface area (Å²) in [7, 11) is 0. The summed E-state index contributed by atoms with van der Waals surface area (Å²) in [6.45, 7) is 0.220. The Kier molecular flexibility index (Phi) is 2.79. The highest BCUT2D eigenvalue weighted by Gasteiger charge is 2.07. The zero-order chi connectivity index (χ0) is 10.8. The number of hydrogen-bond acceptors (Lipinski definition) is 3. The third-order valence-electron chi connectivity index (χ3n) is 1.90. The normalized spacial score (nSPS) is 10.6. The lowest BCUT2D eigenvalue weighted by molar-refractivity contribution is 0.615. The van der Waals surface area contributed by atoms with E-state index in [-0.39, 0.29) is 6.54 Å². The lowest BCUT2D eigenvalue weighted by Crippen LogP contribution is -2.07. The monoisotopic (exact) mass is 270 g/mol. The third-order valence-corrected chi connectivity index (χ3v) is 2.31. The molecule has 0 aliphatic carbocycles. The fourth-order valence-electron chi connectivity index (χ4n) is 1.25. The summed E-state index contributed by atoms with van der Waals surface area (Å²) in [4.78, 5) is 3.96. The van der Waals surface area contributed by atoms with Crippen molar-refractivity contribution in [2.75, 3.05) is 0 Å². The Morgan fingerprint density at radius 3 is 2.87 bits per heavy atom. The Bertz CT molecular complexity index is 483. The smallest absolute Gasteiger partial charge is 0.158 e. The predicted molar refractivity (Wildman–Crippen MR) is 56.9 cm³/mol. The van der Waals surface area contributed by atoms with E-state index in [1.54, 1.807) is 17.1 Å². The first-order chi connectivity index (χ1) is 7.20. The molecule has 0 aliphatic heterocycles. The van der Waals surface area contributed by atoms with Gasteiger partial charge in [0.05, 0.1) is 16.9 Å². The van der Waals surface area contributed by atoms with Crippen LogP contribution in [0.1, 0.15) is 5.56 Å². The van der Waals surface area contributed by atoms with Gasteiger partial charge in [0.1, 0.15) is 5.82 Å². The van der Waals surface area contributed by atoms with Crippen molar-refractivity contribution in [2.45, 2.75) is 6.54 Å². The summed E-state index contributed by atoms with van der Waals surface area (Å²) in [5.41, 5.74) is 6.12. The van der Waals surface area contributed by atoms with Crippen LogP contribution in [0.15, 0.2) is 29.1 Å². The molecule has 2 aromatic heterocycles. The van der Waals surface area contributed by atoms with Crippen molar-refractivity contribution in [3.05, 3.63) is 40.5 Å². The first-order valence-corrected chi connectivity index (χ1v) is 5.05. The Hall–Kier alpha value is -1.27. The minimum absolute atomic E-state index is 0.220. The van der Waals surface area contributed by atoms with Gasteiger partial charge in [0.2, 0.25) is 0 Å². The number of halogens is 2. The molecular weight excluding hydrogens is 263 g/mol. The van der Waals surface area contributed by atoms with Crippen molar-refractivity contribution in [3.63, 3.8) is 0 Å². The molecule has 2 aromatic rings. The fraction of sp³-hybridized carbons (Fsp3) is 0.111. The molecule has 0 atom stereocenters. The molecule has 0 aromatic carbocycles. The first-order valence-electron chi connectivity index (χ1n) is 4.25. The standard InChI is InChI=1S/C9H8BrFN4/c10-7-3-14-15(5-7)9-6(2-12)1-8(11)4-13-9/h1,3-5H,2,12H2. The van der Waals surface area contributed by atoms with E-state index in [0.717, 1.165) is 10.7 Å². The van der Waals surface area contributed by atoms with Crippen LogP contribution in [-0.4, -0.2) is 14.8 Å². The van der Waals surface area contributed by atoms with Crippen LogP contribution in [0.2, 0.25) is 0 Å². The zero-order valence-corrected chi connectivity index (χ0v) is 9.28. The number of rotatable bonds is 2. The molecule has 0 unspecified atom stereocenters. The van der Waals surface area contributed by atoms with E-state index in [2.05, 4.69) is 26.0 Å². The second kappa shape index (κ2) is 4.08. The van der Waals surface area contributed by atoms with E-state index in [4.69, 9.17) is 5.73 Å². The molecule has 6 heteroatoms. The van der Waals surface area contributed by atoms with Gasteiger partial charge in [-0.3, -0.25) is 0 Å². The maximum atomic E-state index is 12.9. The Balaban J connectivity index is 2.52. The Labute approximate surface area is 94.1 Å². The summed E-state index contributed by atoms with van der Waals surface area (Å²) in [5, 5.41) is 4.05. The molecule has 2 N–H and O–H groups in total. The van der Waals surface area contributed by atoms with Gasteiger partial charge in [-0.15, -0.1) is 0 Å². The van der Waals surface area contributed by atoms with Crippen LogP contribution in [0.3, 0.4) is 0 Å². The van der Waals surface area contributed by atoms with E-state index >= 15 is 0 Å². The molecule has 15 heavy (non-hydrogen) atoms. The second-order valence-electron chi connectivity index (χ2n) is 2.94. The average molecular weight is 271 g/mol. The van der Waals surface area contributed by atoms with Gasteiger partial charge in [-0.25, -0.2) is 14.1 Å². The Morgan fingerprint density at radius 1 is 1.47 bits per heavy atom. The van der Waals surface area contributed by atoms with Crippen LogP contribution in [-0.2, 0) is 6.54 Å². The molecule has 4 nitrogen and oxygen atoms in total. The van der Waals surface area contributed by atoms with E-state index in [9.17, 15) is 4.39 Å². The van der Waals surface area contributed by atoms with Crippen molar-refractivity contribution in [1.82, 2.24) is 14.8 Å². The largest absolute Gasteiger partial charge is 0.326 e. The highest BCUT2D eigenvalue weighted by atomic mass is 79.9. The van der Waals surface area contributed by atoms with Gasteiger partial charge >= 0.3 is 0 Å². The summed E-state index contributed by atoms with van der Waals surface area (Å²) >= 11 is 3.27. The minimum Gasteiger partial charge on any atom is -0.326 e. The molecule has 0 saturated heterocycles. The molecular formula is C9H8BrFN4. The molecule has 0 bridgehead atoms. The molecule has 2 rings (SSSR count). The van der Waals surface area contributed by atoms with Crippen molar-refractivity contribution >= 4 is 15.9 Å². The van der Waals surface area contributed by atoms with Crippen LogP contribution < -0.4 is 5.73 Å². The summed E-state index contributed by atoms with van der Waals surface area (Å²) < 4.78 is 15.3. The lowest BCUT2D eigenvalue weighted by atomic mass is 10.2. The quantitative estimate of drug-likeness (QED) is 0.903. The minimum atomic E-state index is -0.398. The zero-order valence-electron chi connectivity index (χ0n) is 7.69. The number of aromatic nitrogens is 3. The van der Waals surface area contributed by atoms with E-state index in [1.165, 1.54) is 6.07 Å². The molecule has 0 fully saturated rings. The molecule has 0 saturated carbocycles. The summed E-state index contributed by atoms with van der Waals surface area (Å²) in [6.07, 6.45) is 4.51.